The van der Waals surface area contributed by atoms with Crippen LogP contribution in [0.25, 0.3) is 0 Å². The number of anilines is 1. The SMILES string of the molecule is Cc1cc(Cl)ccc1OCCCNC(=O)N1CCN(c2nccs2)CC1. The van der Waals surface area contributed by atoms with Crippen LogP contribution in [0.1, 0.15) is 12.0 Å². The lowest BCUT2D eigenvalue weighted by molar-refractivity contribution is 0.193. The number of benzene rings is 1. The molecule has 6 nitrogen and oxygen atoms in total. The molecule has 0 spiro atoms. The minimum Gasteiger partial charge on any atom is -0.493 e. The Balaban J connectivity index is 1.32. The van der Waals surface area contributed by atoms with E-state index in [1.807, 2.05) is 41.6 Å². The molecule has 1 saturated heterocycles. The van der Waals surface area contributed by atoms with Crippen molar-refractivity contribution < 1.29 is 9.53 Å². The molecule has 1 N–H and O–H groups in total. The summed E-state index contributed by atoms with van der Waals surface area (Å²) in [7, 11) is 0. The molecule has 0 bridgehead atoms. The topological polar surface area (TPSA) is 57.7 Å². The normalized spacial score (nSPS) is 14.4. The van der Waals surface area contributed by atoms with Crippen molar-refractivity contribution in [3.05, 3.63) is 40.4 Å². The lowest BCUT2D eigenvalue weighted by Gasteiger charge is -2.34. The third-order valence-electron chi connectivity index (χ3n) is 4.25. The molecule has 2 aromatic rings. The van der Waals surface area contributed by atoms with E-state index in [4.69, 9.17) is 16.3 Å². The second kappa shape index (κ2) is 9.09. The van der Waals surface area contributed by atoms with Crippen LogP contribution in [-0.2, 0) is 0 Å². The molecule has 0 radical (unpaired) electrons. The first-order chi connectivity index (χ1) is 12.6. The first-order valence-electron chi connectivity index (χ1n) is 8.69. The molecule has 8 heteroatoms. The number of rotatable bonds is 6. The van der Waals surface area contributed by atoms with Crippen LogP contribution in [-0.4, -0.2) is 55.2 Å². The fourth-order valence-corrected chi connectivity index (χ4v) is 3.73. The Morgan fingerprint density at radius 2 is 2.15 bits per heavy atom. The number of amides is 2. The molecular weight excluding hydrogens is 372 g/mol. The monoisotopic (exact) mass is 394 g/mol. The number of halogens is 1. The van der Waals surface area contributed by atoms with Gasteiger partial charge in [-0.25, -0.2) is 9.78 Å². The average molecular weight is 395 g/mol. The molecule has 0 saturated carbocycles. The van der Waals surface area contributed by atoms with Crippen molar-refractivity contribution in [3.8, 4) is 5.75 Å². The van der Waals surface area contributed by atoms with E-state index in [1.165, 1.54) is 0 Å². The Hall–Kier alpha value is -1.99. The number of carbonyl (C=O) groups is 1. The van der Waals surface area contributed by atoms with E-state index in [0.29, 0.717) is 31.3 Å². The van der Waals surface area contributed by atoms with Gasteiger partial charge < -0.3 is 19.9 Å². The van der Waals surface area contributed by atoms with Crippen molar-refractivity contribution in [1.82, 2.24) is 15.2 Å². The molecular formula is C18H23ClN4O2S. The maximum atomic E-state index is 12.2. The zero-order chi connectivity index (χ0) is 18.4. The third-order valence-corrected chi connectivity index (χ3v) is 5.32. The Morgan fingerprint density at radius 3 is 2.85 bits per heavy atom. The van der Waals surface area contributed by atoms with Crippen molar-refractivity contribution in [2.75, 3.05) is 44.2 Å². The van der Waals surface area contributed by atoms with Gasteiger partial charge >= 0.3 is 6.03 Å². The molecule has 1 aliphatic rings. The molecule has 1 aromatic heterocycles. The molecule has 0 aliphatic carbocycles. The standard InChI is InChI=1S/C18H23ClN4O2S/c1-14-13-15(19)3-4-16(14)25-11-2-5-20-17(24)22-7-9-23(10-8-22)18-21-6-12-26-18/h3-4,6,12-13H,2,5,7-11H2,1H3,(H,20,24). The van der Waals surface area contributed by atoms with Gasteiger partial charge in [-0.05, 0) is 37.1 Å². The summed E-state index contributed by atoms with van der Waals surface area (Å²) >= 11 is 7.57. The number of urea groups is 1. The fourth-order valence-electron chi connectivity index (χ4n) is 2.81. The highest BCUT2D eigenvalue weighted by Gasteiger charge is 2.21. The largest absolute Gasteiger partial charge is 0.493 e. The van der Waals surface area contributed by atoms with Crippen LogP contribution < -0.4 is 15.0 Å². The quantitative estimate of drug-likeness (QED) is 0.763. The number of hydrogen-bond acceptors (Lipinski definition) is 5. The molecule has 0 atom stereocenters. The molecule has 140 valence electrons. The van der Waals surface area contributed by atoms with Crippen LogP contribution in [0.4, 0.5) is 9.93 Å². The summed E-state index contributed by atoms with van der Waals surface area (Å²) in [5.41, 5.74) is 1.01. The first-order valence-corrected chi connectivity index (χ1v) is 9.95. The van der Waals surface area contributed by atoms with E-state index in [-0.39, 0.29) is 6.03 Å². The van der Waals surface area contributed by atoms with E-state index in [9.17, 15) is 4.79 Å². The smallest absolute Gasteiger partial charge is 0.317 e. The molecule has 3 rings (SSSR count). The summed E-state index contributed by atoms with van der Waals surface area (Å²) in [5.74, 6) is 0.832. The predicted molar refractivity (Wildman–Crippen MR) is 106 cm³/mol. The lowest BCUT2D eigenvalue weighted by atomic mass is 10.2. The molecule has 2 amide bonds. The highest BCUT2D eigenvalue weighted by Crippen LogP contribution is 2.22. The summed E-state index contributed by atoms with van der Waals surface area (Å²) in [6, 6.07) is 5.56. The van der Waals surface area contributed by atoms with E-state index in [2.05, 4.69) is 15.2 Å². The summed E-state index contributed by atoms with van der Waals surface area (Å²) in [6.07, 6.45) is 2.57. The Kier molecular flexibility index (Phi) is 6.57. The number of nitrogens with one attached hydrogen (secondary N) is 1. The minimum atomic E-state index is -0.00791. The van der Waals surface area contributed by atoms with Gasteiger partial charge in [-0.2, -0.15) is 0 Å². The average Bonchev–Trinajstić information content (AvgIpc) is 3.18. The van der Waals surface area contributed by atoms with Gasteiger partial charge in [0, 0.05) is 49.3 Å². The van der Waals surface area contributed by atoms with Crippen LogP contribution in [0.3, 0.4) is 0 Å². The van der Waals surface area contributed by atoms with Crippen molar-refractivity contribution >= 4 is 34.1 Å². The molecule has 0 unspecified atom stereocenters. The van der Waals surface area contributed by atoms with E-state index in [0.717, 1.165) is 36.0 Å². The highest BCUT2D eigenvalue weighted by molar-refractivity contribution is 7.13. The van der Waals surface area contributed by atoms with Crippen LogP contribution in [0, 0.1) is 6.92 Å². The van der Waals surface area contributed by atoms with Gasteiger partial charge in [0.1, 0.15) is 5.75 Å². The number of carbonyl (C=O) groups excluding carboxylic acids is 1. The number of hydrogen-bond donors (Lipinski definition) is 1. The third kappa shape index (κ3) is 5.02. The van der Waals surface area contributed by atoms with Crippen LogP contribution in [0.15, 0.2) is 29.8 Å². The molecule has 1 fully saturated rings. The second-order valence-corrected chi connectivity index (χ2v) is 7.44. The number of nitrogens with zero attached hydrogens (tertiary/aromatic N) is 3. The highest BCUT2D eigenvalue weighted by atomic mass is 35.5. The Labute approximate surface area is 162 Å². The number of aryl methyl sites for hydroxylation is 1. The van der Waals surface area contributed by atoms with Gasteiger partial charge in [0.05, 0.1) is 6.61 Å². The Bertz CT molecular complexity index is 718. The van der Waals surface area contributed by atoms with Crippen molar-refractivity contribution in [3.63, 3.8) is 0 Å². The zero-order valence-corrected chi connectivity index (χ0v) is 16.4. The zero-order valence-electron chi connectivity index (χ0n) is 14.8. The second-order valence-electron chi connectivity index (χ2n) is 6.13. The van der Waals surface area contributed by atoms with Gasteiger partial charge in [0.25, 0.3) is 0 Å². The van der Waals surface area contributed by atoms with Crippen LogP contribution in [0.5, 0.6) is 5.75 Å². The molecule has 26 heavy (non-hydrogen) atoms. The molecule has 1 aliphatic heterocycles. The minimum absolute atomic E-state index is 0.00791. The predicted octanol–water partition coefficient (Wildman–Crippen LogP) is 3.41. The van der Waals surface area contributed by atoms with E-state index >= 15 is 0 Å². The lowest BCUT2D eigenvalue weighted by Crippen LogP contribution is -2.52. The van der Waals surface area contributed by atoms with Gasteiger partial charge in [0.15, 0.2) is 5.13 Å². The molecule has 2 heterocycles. The summed E-state index contributed by atoms with van der Waals surface area (Å²) in [5, 5.41) is 6.67. The van der Waals surface area contributed by atoms with Crippen molar-refractivity contribution in [2.24, 2.45) is 0 Å². The fraction of sp³-hybridized carbons (Fsp3) is 0.444. The molecule has 1 aromatic carbocycles. The maximum Gasteiger partial charge on any atom is 0.317 e. The number of thiazole rings is 1. The van der Waals surface area contributed by atoms with Crippen molar-refractivity contribution in [2.45, 2.75) is 13.3 Å². The van der Waals surface area contributed by atoms with Crippen LogP contribution >= 0.6 is 22.9 Å². The van der Waals surface area contributed by atoms with Gasteiger partial charge in [-0.3, -0.25) is 0 Å². The van der Waals surface area contributed by atoms with Crippen LogP contribution in [0.2, 0.25) is 5.02 Å². The Morgan fingerprint density at radius 1 is 1.35 bits per heavy atom. The number of piperazine rings is 1. The maximum absolute atomic E-state index is 12.2. The van der Waals surface area contributed by atoms with E-state index < -0.39 is 0 Å². The van der Waals surface area contributed by atoms with Gasteiger partial charge in [-0.15, -0.1) is 11.3 Å². The van der Waals surface area contributed by atoms with Gasteiger partial charge in [-0.1, -0.05) is 11.6 Å². The van der Waals surface area contributed by atoms with Crippen molar-refractivity contribution in [1.29, 1.82) is 0 Å². The summed E-state index contributed by atoms with van der Waals surface area (Å²) < 4.78 is 5.74. The first kappa shape index (κ1) is 18.8. The summed E-state index contributed by atoms with van der Waals surface area (Å²) in [4.78, 5) is 20.6. The van der Waals surface area contributed by atoms with Gasteiger partial charge in [0.2, 0.25) is 0 Å². The number of aromatic nitrogens is 1. The summed E-state index contributed by atoms with van der Waals surface area (Å²) in [6.45, 7) is 6.19. The van der Waals surface area contributed by atoms with E-state index in [1.54, 1.807) is 11.3 Å². The number of ether oxygens (including phenoxy) is 1.